The van der Waals surface area contributed by atoms with Gasteiger partial charge >= 0.3 is 0 Å². The van der Waals surface area contributed by atoms with Crippen molar-refractivity contribution in [1.29, 1.82) is 0 Å². The quantitative estimate of drug-likeness (QED) is 0.713. The number of hydrogen-bond acceptors (Lipinski definition) is 4. The number of thioether (sulfide) groups is 1. The van der Waals surface area contributed by atoms with Gasteiger partial charge in [-0.1, -0.05) is 48.5 Å². The number of carbonyl (C=O) groups excluding carboxylic acids is 1. The Balaban J connectivity index is 1.45. The third kappa shape index (κ3) is 3.65. The Morgan fingerprint density at radius 3 is 2.50 bits per heavy atom. The molecular weight excluding hydrogens is 344 g/mol. The Bertz CT molecular complexity index is 866. The highest BCUT2D eigenvalue weighted by Gasteiger charge is 2.24. The molecule has 2 heterocycles. The Kier molecular flexibility index (Phi) is 5.02. The van der Waals surface area contributed by atoms with Crippen molar-refractivity contribution in [2.75, 3.05) is 18.8 Å². The lowest BCUT2D eigenvalue weighted by Gasteiger charge is -2.19. The van der Waals surface area contributed by atoms with Gasteiger partial charge < -0.3 is 4.90 Å². The summed E-state index contributed by atoms with van der Waals surface area (Å²) < 4.78 is 0. The van der Waals surface area contributed by atoms with Crippen molar-refractivity contribution in [2.45, 2.75) is 11.7 Å². The summed E-state index contributed by atoms with van der Waals surface area (Å²) in [6, 6.07) is 20.2. The Hall–Kier alpha value is -2.60. The maximum atomic E-state index is 12.8. The minimum Gasteiger partial charge on any atom is -0.336 e. The maximum absolute atomic E-state index is 12.8. The van der Waals surface area contributed by atoms with Crippen LogP contribution < -0.4 is 0 Å². The van der Waals surface area contributed by atoms with Crippen LogP contribution in [0.25, 0.3) is 5.69 Å². The van der Waals surface area contributed by atoms with Crippen LogP contribution in [0.1, 0.15) is 27.7 Å². The number of para-hydroxylation sites is 1. The van der Waals surface area contributed by atoms with Crippen molar-refractivity contribution in [3.05, 3.63) is 78.1 Å². The average Bonchev–Trinajstić information content (AvgIpc) is 3.07. The first kappa shape index (κ1) is 16.8. The first-order valence-electron chi connectivity index (χ1n) is 8.75. The van der Waals surface area contributed by atoms with E-state index in [1.54, 1.807) is 6.20 Å². The highest BCUT2D eigenvalue weighted by Crippen LogP contribution is 2.34. The summed E-state index contributed by atoms with van der Waals surface area (Å²) in [5, 5.41) is 9.05. The smallest absolute Gasteiger partial charge is 0.276 e. The Morgan fingerprint density at radius 2 is 1.73 bits per heavy atom. The van der Waals surface area contributed by atoms with Gasteiger partial charge in [0.2, 0.25) is 0 Å². The van der Waals surface area contributed by atoms with Gasteiger partial charge in [-0.05, 0) is 24.1 Å². The van der Waals surface area contributed by atoms with Crippen molar-refractivity contribution in [3.8, 4) is 5.69 Å². The summed E-state index contributed by atoms with van der Waals surface area (Å²) in [5.41, 5.74) is 2.58. The van der Waals surface area contributed by atoms with E-state index in [0.29, 0.717) is 10.9 Å². The zero-order valence-electron chi connectivity index (χ0n) is 14.4. The summed E-state index contributed by atoms with van der Waals surface area (Å²) in [6.45, 7) is 1.48. The van der Waals surface area contributed by atoms with E-state index in [1.165, 1.54) is 10.4 Å². The van der Waals surface area contributed by atoms with Crippen LogP contribution in [0, 0.1) is 0 Å². The minimum atomic E-state index is -0.0403. The molecule has 1 aliphatic heterocycles. The zero-order chi connectivity index (χ0) is 17.8. The predicted octanol–water partition coefficient (Wildman–Crippen LogP) is 3.59. The third-order valence-electron chi connectivity index (χ3n) is 4.50. The molecule has 0 bridgehead atoms. The van der Waals surface area contributed by atoms with Gasteiger partial charge in [-0.2, -0.15) is 21.7 Å². The fourth-order valence-electron chi connectivity index (χ4n) is 3.12. The highest BCUT2D eigenvalue weighted by molar-refractivity contribution is 7.99. The molecule has 0 saturated carbocycles. The van der Waals surface area contributed by atoms with Crippen LogP contribution in [-0.2, 0) is 0 Å². The molecule has 26 heavy (non-hydrogen) atoms. The average molecular weight is 364 g/mol. The molecule has 1 fully saturated rings. The van der Waals surface area contributed by atoms with Gasteiger partial charge in [-0.25, -0.2) is 0 Å². The minimum absolute atomic E-state index is 0.0403. The fraction of sp³-hybridized carbons (Fsp3) is 0.250. The number of rotatable bonds is 3. The summed E-state index contributed by atoms with van der Waals surface area (Å²) in [6.07, 6.45) is 2.51. The van der Waals surface area contributed by atoms with E-state index in [0.717, 1.165) is 31.0 Å². The molecule has 4 rings (SSSR count). The number of benzene rings is 2. The molecule has 0 radical (unpaired) electrons. The lowest BCUT2D eigenvalue weighted by atomic mass is 10.1. The number of nitrogens with zero attached hydrogens (tertiary/aromatic N) is 4. The van der Waals surface area contributed by atoms with E-state index < -0.39 is 0 Å². The summed E-state index contributed by atoms with van der Waals surface area (Å²) in [5.74, 6) is 0.888. The number of amides is 1. The molecule has 2 aromatic carbocycles. The molecule has 132 valence electrons. The first-order valence-corrected chi connectivity index (χ1v) is 9.80. The molecule has 5 nitrogen and oxygen atoms in total. The maximum Gasteiger partial charge on any atom is 0.276 e. The normalized spacial score (nSPS) is 17.7. The molecule has 0 N–H and O–H groups in total. The van der Waals surface area contributed by atoms with Crippen molar-refractivity contribution in [1.82, 2.24) is 19.9 Å². The van der Waals surface area contributed by atoms with Gasteiger partial charge in [0.25, 0.3) is 5.91 Å². The second-order valence-corrected chi connectivity index (χ2v) is 7.52. The van der Waals surface area contributed by atoms with Crippen molar-refractivity contribution >= 4 is 17.7 Å². The summed E-state index contributed by atoms with van der Waals surface area (Å²) >= 11 is 1.92. The SMILES string of the molecule is O=C(c1cnn(-c2ccccc2)n1)N1CCS[C@@H](c2ccccc2)CC1. The lowest BCUT2D eigenvalue weighted by molar-refractivity contribution is 0.0760. The second-order valence-electron chi connectivity index (χ2n) is 6.21. The highest BCUT2D eigenvalue weighted by atomic mass is 32.2. The lowest BCUT2D eigenvalue weighted by Crippen LogP contribution is -2.33. The van der Waals surface area contributed by atoms with E-state index >= 15 is 0 Å². The van der Waals surface area contributed by atoms with Gasteiger partial charge in [-0.3, -0.25) is 4.79 Å². The molecule has 3 aromatic rings. The van der Waals surface area contributed by atoms with E-state index in [1.807, 2.05) is 53.1 Å². The van der Waals surface area contributed by atoms with Crippen LogP contribution in [-0.4, -0.2) is 44.6 Å². The van der Waals surface area contributed by atoms with E-state index in [2.05, 4.69) is 34.5 Å². The first-order chi connectivity index (χ1) is 12.8. The fourth-order valence-corrected chi connectivity index (χ4v) is 4.35. The third-order valence-corrected chi connectivity index (χ3v) is 5.83. The van der Waals surface area contributed by atoms with E-state index in [4.69, 9.17) is 0 Å². The van der Waals surface area contributed by atoms with Gasteiger partial charge in [0.15, 0.2) is 5.69 Å². The molecule has 1 amide bonds. The van der Waals surface area contributed by atoms with Gasteiger partial charge in [0, 0.05) is 24.1 Å². The topological polar surface area (TPSA) is 51.0 Å². The number of aromatic nitrogens is 3. The molecule has 6 heteroatoms. The molecule has 0 spiro atoms. The summed E-state index contributed by atoms with van der Waals surface area (Å²) in [7, 11) is 0. The zero-order valence-corrected chi connectivity index (χ0v) is 15.2. The van der Waals surface area contributed by atoms with Crippen LogP contribution in [0.15, 0.2) is 66.9 Å². The predicted molar refractivity (Wildman–Crippen MR) is 104 cm³/mol. The molecule has 1 saturated heterocycles. The van der Waals surface area contributed by atoms with Crippen LogP contribution >= 0.6 is 11.8 Å². The largest absolute Gasteiger partial charge is 0.336 e. The second kappa shape index (κ2) is 7.74. The molecule has 0 unspecified atom stereocenters. The van der Waals surface area contributed by atoms with Gasteiger partial charge in [-0.15, -0.1) is 5.10 Å². The molecule has 1 aliphatic rings. The Labute approximate surface area is 157 Å². The van der Waals surface area contributed by atoms with Gasteiger partial charge in [0.05, 0.1) is 11.9 Å². The van der Waals surface area contributed by atoms with Crippen molar-refractivity contribution in [2.24, 2.45) is 0 Å². The van der Waals surface area contributed by atoms with Gasteiger partial charge in [0.1, 0.15) is 0 Å². The van der Waals surface area contributed by atoms with Crippen LogP contribution in [0.3, 0.4) is 0 Å². The summed E-state index contributed by atoms with van der Waals surface area (Å²) in [4.78, 5) is 16.2. The van der Waals surface area contributed by atoms with Crippen LogP contribution in [0.2, 0.25) is 0 Å². The molecule has 0 aliphatic carbocycles. The Morgan fingerprint density at radius 1 is 1.00 bits per heavy atom. The van der Waals surface area contributed by atoms with Crippen LogP contribution in [0.5, 0.6) is 0 Å². The van der Waals surface area contributed by atoms with E-state index in [-0.39, 0.29) is 5.91 Å². The van der Waals surface area contributed by atoms with E-state index in [9.17, 15) is 4.79 Å². The monoisotopic (exact) mass is 364 g/mol. The molecular formula is C20H20N4OS. The standard InChI is InChI=1S/C20H20N4OS/c25-20(18-15-21-24(22-18)17-9-5-2-6-10-17)23-12-11-19(26-14-13-23)16-7-3-1-4-8-16/h1-10,15,19H,11-14H2/t19-/m1/s1. The number of hydrogen-bond donors (Lipinski definition) is 0. The van der Waals surface area contributed by atoms with Crippen molar-refractivity contribution < 1.29 is 4.79 Å². The molecule has 1 aromatic heterocycles. The number of carbonyl (C=O) groups is 1. The van der Waals surface area contributed by atoms with Crippen molar-refractivity contribution in [3.63, 3.8) is 0 Å². The molecule has 1 atom stereocenters. The van der Waals surface area contributed by atoms with Crippen LogP contribution in [0.4, 0.5) is 0 Å².